The van der Waals surface area contributed by atoms with Gasteiger partial charge in [-0.15, -0.1) is 0 Å². The Kier molecular flexibility index (Phi) is 50.4. The number of aliphatic hydroxyl groups excluding tert-OH is 5. The van der Waals surface area contributed by atoms with Crippen LogP contribution < -0.4 is 5.32 Å². The van der Waals surface area contributed by atoms with Crippen molar-refractivity contribution in [3.05, 3.63) is 85.1 Å². The van der Waals surface area contributed by atoms with E-state index in [2.05, 4.69) is 104 Å². The van der Waals surface area contributed by atoms with Gasteiger partial charge < -0.3 is 40.3 Å². The molecule has 6 N–H and O–H groups in total. The molecule has 0 spiro atoms. The Bertz CT molecular complexity index is 1440. The maximum atomic E-state index is 13.1. The first-order chi connectivity index (χ1) is 36.3. The van der Waals surface area contributed by atoms with Crippen LogP contribution in [-0.2, 0) is 14.3 Å². The molecule has 0 bridgehead atoms. The van der Waals surface area contributed by atoms with Crippen molar-refractivity contribution in [2.75, 3.05) is 13.2 Å². The SMILES string of the molecule is CC/C=C\C/C=C\C/C=C\C/C=C\C/C=C\C/C=C\C/C=C\CCCCCCCCCCCC(=O)NC(COC1OC(CO)C(O)C(O)C1O)C(O)CCCCCCCCCCCCCCCCCCCCCC. The molecule has 74 heavy (non-hydrogen) atoms. The summed E-state index contributed by atoms with van der Waals surface area (Å²) in [5, 5.41) is 54.8. The molecule has 0 aromatic heterocycles. The molecule has 7 atom stereocenters. The van der Waals surface area contributed by atoms with Crippen molar-refractivity contribution in [2.24, 2.45) is 0 Å². The molecular weight excluding hydrogens is 923 g/mol. The minimum absolute atomic E-state index is 0.143. The number of hydrogen-bond donors (Lipinski definition) is 6. The largest absolute Gasteiger partial charge is 0.394 e. The number of unbranched alkanes of at least 4 members (excludes halogenated alkanes) is 28. The highest BCUT2D eigenvalue weighted by molar-refractivity contribution is 5.76. The van der Waals surface area contributed by atoms with Crippen LogP contribution in [0.4, 0.5) is 0 Å². The van der Waals surface area contributed by atoms with Crippen LogP contribution in [0.15, 0.2) is 85.1 Å². The molecule has 0 radical (unpaired) electrons. The molecule has 1 rings (SSSR count). The zero-order valence-electron chi connectivity index (χ0n) is 47.6. The molecule has 9 heteroatoms. The van der Waals surface area contributed by atoms with Crippen LogP contribution in [0.3, 0.4) is 0 Å². The monoisotopic (exact) mass is 1040 g/mol. The Hall–Kier alpha value is -2.63. The fourth-order valence-corrected chi connectivity index (χ4v) is 9.44. The van der Waals surface area contributed by atoms with Gasteiger partial charge in [0.15, 0.2) is 6.29 Å². The van der Waals surface area contributed by atoms with E-state index in [4.69, 9.17) is 9.47 Å². The molecule has 0 saturated carbocycles. The van der Waals surface area contributed by atoms with E-state index in [9.17, 15) is 30.3 Å². The van der Waals surface area contributed by atoms with E-state index in [0.717, 1.165) is 89.9 Å². The standard InChI is InChI=1S/C65H115NO8/c1-3-5-7-9-11-13-15-17-19-21-23-25-26-27-28-29-30-31-32-33-34-35-37-39-41-43-45-47-49-51-53-55-61(69)66-58(57-73-65-64(72)63(71)62(70)60(56-67)74-65)59(68)54-52-50-48-46-44-42-40-38-36-24-22-20-18-16-14-12-10-8-6-4-2/h5,7,11,13,17,19,23,25,27-28,30-31,33-34,58-60,62-65,67-68,70-72H,3-4,6,8-10,12,14-16,18,20-22,24,26,29,32,35-57H2,1-2H3,(H,66,69)/b7-5-,13-11-,19-17-,25-23-,28-27-,31-30-,34-33-. The zero-order chi connectivity index (χ0) is 53.6. The van der Waals surface area contributed by atoms with Crippen molar-refractivity contribution < 1.29 is 39.8 Å². The Morgan fingerprint density at radius 1 is 0.473 bits per heavy atom. The van der Waals surface area contributed by atoms with Crippen molar-refractivity contribution in [1.29, 1.82) is 0 Å². The van der Waals surface area contributed by atoms with Gasteiger partial charge in [-0.25, -0.2) is 0 Å². The highest BCUT2D eigenvalue weighted by Crippen LogP contribution is 2.23. The maximum absolute atomic E-state index is 13.1. The molecular formula is C65H115NO8. The number of ether oxygens (including phenoxy) is 2. The molecule has 1 amide bonds. The van der Waals surface area contributed by atoms with E-state index in [1.165, 1.54) is 148 Å². The molecule has 9 nitrogen and oxygen atoms in total. The van der Waals surface area contributed by atoms with Crippen molar-refractivity contribution in [1.82, 2.24) is 5.32 Å². The molecule has 1 aliphatic heterocycles. The summed E-state index contributed by atoms with van der Waals surface area (Å²) in [5.41, 5.74) is 0. The third-order valence-corrected chi connectivity index (χ3v) is 14.3. The Labute approximate surface area is 454 Å². The van der Waals surface area contributed by atoms with Gasteiger partial charge in [0.05, 0.1) is 25.4 Å². The van der Waals surface area contributed by atoms with Crippen molar-refractivity contribution in [3.8, 4) is 0 Å². The lowest BCUT2D eigenvalue weighted by Gasteiger charge is -2.40. The van der Waals surface area contributed by atoms with E-state index >= 15 is 0 Å². The summed E-state index contributed by atoms with van der Waals surface area (Å²) in [7, 11) is 0. The van der Waals surface area contributed by atoms with E-state index in [0.29, 0.717) is 12.8 Å². The van der Waals surface area contributed by atoms with E-state index in [-0.39, 0.29) is 12.5 Å². The number of aliphatic hydroxyl groups is 5. The summed E-state index contributed by atoms with van der Waals surface area (Å²) >= 11 is 0. The Morgan fingerprint density at radius 2 is 0.838 bits per heavy atom. The van der Waals surface area contributed by atoms with E-state index < -0.39 is 49.5 Å². The maximum Gasteiger partial charge on any atom is 0.220 e. The molecule has 1 saturated heterocycles. The number of carbonyl (C=O) groups excluding carboxylic acids is 1. The van der Waals surface area contributed by atoms with Gasteiger partial charge in [-0.1, -0.05) is 272 Å². The van der Waals surface area contributed by atoms with Crippen LogP contribution in [0.5, 0.6) is 0 Å². The first-order valence-corrected chi connectivity index (χ1v) is 30.8. The van der Waals surface area contributed by atoms with Crippen molar-refractivity contribution in [2.45, 2.75) is 307 Å². The summed E-state index contributed by atoms with van der Waals surface area (Å²) in [4.78, 5) is 13.1. The molecule has 1 fully saturated rings. The van der Waals surface area contributed by atoms with Gasteiger partial charge in [0.2, 0.25) is 5.91 Å². The zero-order valence-corrected chi connectivity index (χ0v) is 47.6. The quantitative estimate of drug-likeness (QED) is 0.0261. The average molecular weight is 1040 g/mol. The van der Waals surface area contributed by atoms with Gasteiger partial charge in [0.1, 0.15) is 24.4 Å². The van der Waals surface area contributed by atoms with Crippen molar-refractivity contribution >= 4 is 5.91 Å². The molecule has 0 aromatic rings. The van der Waals surface area contributed by atoms with Gasteiger partial charge in [0, 0.05) is 6.42 Å². The van der Waals surface area contributed by atoms with Crippen LogP contribution in [0, 0.1) is 0 Å². The number of rotatable bonds is 52. The number of allylic oxidation sites excluding steroid dienone is 14. The van der Waals surface area contributed by atoms with Crippen LogP contribution in [0.1, 0.15) is 264 Å². The first kappa shape index (κ1) is 69.4. The van der Waals surface area contributed by atoms with Crippen LogP contribution in [0.25, 0.3) is 0 Å². The minimum atomic E-state index is -1.56. The second-order valence-corrected chi connectivity index (χ2v) is 21.1. The third kappa shape index (κ3) is 42.5. The van der Waals surface area contributed by atoms with Gasteiger partial charge in [-0.05, 0) is 70.6 Å². The molecule has 0 aliphatic carbocycles. The summed E-state index contributed by atoms with van der Waals surface area (Å²) < 4.78 is 11.3. The van der Waals surface area contributed by atoms with Gasteiger partial charge in [-0.2, -0.15) is 0 Å². The summed E-state index contributed by atoms with van der Waals surface area (Å²) in [6, 6.07) is -0.728. The summed E-state index contributed by atoms with van der Waals surface area (Å²) in [6.07, 6.45) is 68.9. The first-order valence-electron chi connectivity index (χ1n) is 30.8. The van der Waals surface area contributed by atoms with Crippen LogP contribution in [0.2, 0.25) is 0 Å². The second kappa shape index (κ2) is 53.8. The molecule has 7 unspecified atom stereocenters. The fraction of sp³-hybridized carbons (Fsp3) is 0.769. The number of amides is 1. The lowest BCUT2D eigenvalue weighted by molar-refractivity contribution is -0.302. The normalized spacial score (nSPS) is 19.6. The van der Waals surface area contributed by atoms with Gasteiger partial charge >= 0.3 is 0 Å². The Morgan fingerprint density at radius 3 is 1.24 bits per heavy atom. The number of carbonyl (C=O) groups is 1. The molecule has 1 aliphatic rings. The molecule has 1 heterocycles. The lowest BCUT2D eigenvalue weighted by Crippen LogP contribution is -2.60. The second-order valence-electron chi connectivity index (χ2n) is 21.1. The third-order valence-electron chi connectivity index (χ3n) is 14.3. The topological polar surface area (TPSA) is 149 Å². The van der Waals surface area contributed by atoms with Crippen LogP contribution >= 0.6 is 0 Å². The van der Waals surface area contributed by atoms with E-state index in [1.807, 2.05) is 0 Å². The lowest BCUT2D eigenvalue weighted by atomic mass is 9.99. The predicted molar refractivity (Wildman–Crippen MR) is 313 cm³/mol. The number of nitrogens with one attached hydrogen (secondary N) is 1. The predicted octanol–water partition coefficient (Wildman–Crippen LogP) is 15.8. The fourth-order valence-electron chi connectivity index (χ4n) is 9.44. The Balaban J connectivity index is 2.19. The number of hydrogen-bond acceptors (Lipinski definition) is 8. The van der Waals surface area contributed by atoms with Gasteiger partial charge in [0.25, 0.3) is 0 Å². The van der Waals surface area contributed by atoms with Crippen molar-refractivity contribution in [3.63, 3.8) is 0 Å². The average Bonchev–Trinajstić information content (AvgIpc) is 3.40. The highest BCUT2D eigenvalue weighted by Gasteiger charge is 2.44. The highest BCUT2D eigenvalue weighted by atomic mass is 16.7. The molecule has 428 valence electrons. The minimum Gasteiger partial charge on any atom is -0.394 e. The van der Waals surface area contributed by atoms with Gasteiger partial charge in [-0.3, -0.25) is 4.79 Å². The summed E-state index contributed by atoms with van der Waals surface area (Å²) in [6.45, 7) is 3.74. The smallest absolute Gasteiger partial charge is 0.220 e. The van der Waals surface area contributed by atoms with E-state index in [1.54, 1.807) is 0 Å². The van der Waals surface area contributed by atoms with Crippen LogP contribution in [-0.4, -0.2) is 87.5 Å². The summed E-state index contributed by atoms with van der Waals surface area (Å²) in [5.74, 6) is -0.152. The molecule has 0 aromatic carbocycles.